The number of nitrogens with one attached hydrogen (secondary N) is 1. The molecule has 2 atom stereocenters. The van der Waals surface area contributed by atoms with E-state index in [1.165, 1.54) is 12.8 Å². The van der Waals surface area contributed by atoms with Gasteiger partial charge in [-0.2, -0.15) is 0 Å². The second-order valence-electron chi connectivity index (χ2n) is 7.20. The third-order valence-corrected chi connectivity index (χ3v) is 5.41. The number of likely N-dealkylation sites (N-methyl/N-ethyl adjacent to an activating group) is 1. The second-order valence-corrected chi connectivity index (χ2v) is 7.20. The Morgan fingerprint density at radius 1 is 1.28 bits per heavy atom. The van der Waals surface area contributed by atoms with E-state index in [0.29, 0.717) is 38.0 Å². The average molecular weight is 346 g/mol. The topological polar surface area (TPSA) is 50.8 Å². The monoisotopic (exact) mass is 346 g/mol. The van der Waals surface area contributed by atoms with Gasteiger partial charge in [-0.15, -0.1) is 0 Å². The van der Waals surface area contributed by atoms with Crippen molar-refractivity contribution in [3.63, 3.8) is 0 Å². The summed E-state index contributed by atoms with van der Waals surface area (Å²) in [5, 5.41) is 3.39. The van der Waals surface area contributed by atoms with Crippen molar-refractivity contribution in [2.75, 3.05) is 32.8 Å². The Hall–Kier alpha value is -1.75. The van der Waals surface area contributed by atoms with Gasteiger partial charge in [0.2, 0.25) is 5.91 Å². The molecule has 5 heteroatoms. The van der Waals surface area contributed by atoms with Crippen LogP contribution in [0, 0.1) is 11.8 Å². The Morgan fingerprint density at radius 2 is 2.00 bits per heavy atom. The van der Waals surface area contributed by atoms with Gasteiger partial charge >= 0.3 is 0 Å². The molecule has 0 aromatic heterocycles. The van der Waals surface area contributed by atoms with E-state index < -0.39 is 0 Å². The Balaban J connectivity index is 1.52. The number of fused-ring (bicyclic) bond motifs is 1. The standard InChI is InChI=1S/C20H30N2O3/c1-3-22(20(23)12-15(2)16-8-10-21-11-9-16)13-17-14-24-18-6-4-5-7-19(18)25-17/h4-7,15-17,21H,3,8-14H2,1-2H3. The van der Waals surface area contributed by atoms with Crippen molar-refractivity contribution in [3.05, 3.63) is 24.3 Å². The van der Waals surface area contributed by atoms with Crippen LogP contribution in [0.1, 0.15) is 33.1 Å². The fraction of sp³-hybridized carbons (Fsp3) is 0.650. The van der Waals surface area contributed by atoms with Gasteiger partial charge in [-0.05, 0) is 56.8 Å². The zero-order valence-electron chi connectivity index (χ0n) is 15.4. The number of nitrogens with zero attached hydrogens (tertiary/aromatic N) is 1. The van der Waals surface area contributed by atoms with Crippen LogP contribution in [0.4, 0.5) is 0 Å². The van der Waals surface area contributed by atoms with Gasteiger partial charge in [0.05, 0.1) is 6.54 Å². The van der Waals surface area contributed by atoms with E-state index in [4.69, 9.17) is 9.47 Å². The maximum atomic E-state index is 12.8. The van der Waals surface area contributed by atoms with E-state index in [0.717, 1.165) is 24.6 Å². The van der Waals surface area contributed by atoms with Gasteiger partial charge < -0.3 is 19.7 Å². The third kappa shape index (κ3) is 4.66. The molecule has 0 spiro atoms. The predicted octanol–water partition coefficient (Wildman–Crippen LogP) is 2.70. The molecule has 3 rings (SSSR count). The minimum atomic E-state index is -0.104. The van der Waals surface area contributed by atoms with Crippen LogP contribution in [0.3, 0.4) is 0 Å². The van der Waals surface area contributed by atoms with Crippen LogP contribution in [0.2, 0.25) is 0 Å². The van der Waals surface area contributed by atoms with Crippen molar-refractivity contribution in [1.29, 1.82) is 0 Å². The summed E-state index contributed by atoms with van der Waals surface area (Å²) in [4.78, 5) is 14.7. The molecule has 138 valence electrons. The number of piperidine rings is 1. The largest absolute Gasteiger partial charge is 0.486 e. The van der Waals surface area contributed by atoms with Crippen LogP contribution in [-0.2, 0) is 4.79 Å². The molecule has 1 aromatic rings. The zero-order chi connectivity index (χ0) is 17.6. The minimum Gasteiger partial charge on any atom is -0.486 e. The molecule has 1 aromatic carbocycles. The first-order chi connectivity index (χ1) is 12.2. The maximum Gasteiger partial charge on any atom is 0.222 e. The molecule has 5 nitrogen and oxygen atoms in total. The van der Waals surface area contributed by atoms with Crippen molar-refractivity contribution in [2.45, 2.75) is 39.2 Å². The molecule has 1 amide bonds. The SMILES string of the molecule is CCN(CC1COc2ccccc2O1)C(=O)CC(C)C1CCNCC1. The molecular weight excluding hydrogens is 316 g/mol. The average Bonchev–Trinajstić information content (AvgIpc) is 2.66. The van der Waals surface area contributed by atoms with E-state index >= 15 is 0 Å². The smallest absolute Gasteiger partial charge is 0.222 e. The van der Waals surface area contributed by atoms with Crippen LogP contribution in [0.5, 0.6) is 11.5 Å². The highest BCUT2D eigenvalue weighted by Crippen LogP contribution is 2.31. The van der Waals surface area contributed by atoms with Gasteiger partial charge in [-0.1, -0.05) is 19.1 Å². The molecule has 2 heterocycles. The summed E-state index contributed by atoms with van der Waals surface area (Å²) in [7, 11) is 0. The maximum absolute atomic E-state index is 12.8. The molecule has 1 fully saturated rings. The normalized spacial score (nSPS) is 21.6. The summed E-state index contributed by atoms with van der Waals surface area (Å²) in [5.74, 6) is 2.88. The lowest BCUT2D eigenvalue weighted by molar-refractivity contribution is -0.134. The van der Waals surface area contributed by atoms with Gasteiger partial charge in [0.15, 0.2) is 17.6 Å². The summed E-state index contributed by atoms with van der Waals surface area (Å²) < 4.78 is 11.8. The van der Waals surface area contributed by atoms with Gasteiger partial charge in [-0.3, -0.25) is 4.79 Å². The van der Waals surface area contributed by atoms with E-state index in [-0.39, 0.29) is 12.0 Å². The van der Waals surface area contributed by atoms with Crippen LogP contribution in [0.25, 0.3) is 0 Å². The highest BCUT2D eigenvalue weighted by molar-refractivity contribution is 5.76. The molecular formula is C20H30N2O3. The fourth-order valence-electron chi connectivity index (χ4n) is 3.79. The van der Waals surface area contributed by atoms with Crippen LogP contribution in [0.15, 0.2) is 24.3 Å². The van der Waals surface area contributed by atoms with E-state index in [1.807, 2.05) is 36.1 Å². The Bertz CT molecular complexity index is 572. The molecule has 0 aliphatic carbocycles. The number of carbonyl (C=O) groups is 1. The zero-order valence-corrected chi connectivity index (χ0v) is 15.4. The van der Waals surface area contributed by atoms with Crippen molar-refractivity contribution < 1.29 is 14.3 Å². The predicted molar refractivity (Wildman–Crippen MR) is 98.0 cm³/mol. The van der Waals surface area contributed by atoms with Gasteiger partial charge in [0, 0.05) is 13.0 Å². The minimum absolute atomic E-state index is 0.104. The number of hydrogen-bond acceptors (Lipinski definition) is 4. The number of benzene rings is 1. The molecule has 2 aliphatic heterocycles. The first-order valence-electron chi connectivity index (χ1n) is 9.54. The van der Waals surface area contributed by atoms with Crippen LogP contribution < -0.4 is 14.8 Å². The van der Waals surface area contributed by atoms with E-state index in [1.54, 1.807) is 0 Å². The lowest BCUT2D eigenvalue weighted by atomic mass is 9.84. The molecule has 0 saturated carbocycles. The summed E-state index contributed by atoms with van der Waals surface area (Å²) >= 11 is 0. The fourth-order valence-corrected chi connectivity index (χ4v) is 3.79. The van der Waals surface area contributed by atoms with E-state index in [2.05, 4.69) is 12.2 Å². The van der Waals surface area contributed by atoms with Gasteiger partial charge in [0.1, 0.15) is 6.61 Å². The second kappa shape index (κ2) is 8.56. The van der Waals surface area contributed by atoms with Gasteiger partial charge in [0.25, 0.3) is 0 Å². The number of rotatable bonds is 6. The summed E-state index contributed by atoms with van der Waals surface area (Å²) in [6.07, 6.45) is 2.88. The first kappa shape index (κ1) is 18.1. The Morgan fingerprint density at radius 3 is 2.72 bits per heavy atom. The molecule has 0 bridgehead atoms. The molecule has 2 aliphatic rings. The number of ether oxygens (including phenoxy) is 2. The van der Waals surface area contributed by atoms with Crippen LogP contribution >= 0.6 is 0 Å². The van der Waals surface area contributed by atoms with Crippen LogP contribution in [-0.4, -0.2) is 49.7 Å². The molecule has 2 unspecified atom stereocenters. The Labute approximate surface area is 150 Å². The van der Waals surface area contributed by atoms with Crippen molar-refractivity contribution in [2.24, 2.45) is 11.8 Å². The van der Waals surface area contributed by atoms with Crippen molar-refractivity contribution >= 4 is 5.91 Å². The highest BCUT2D eigenvalue weighted by Gasteiger charge is 2.27. The third-order valence-electron chi connectivity index (χ3n) is 5.41. The van der Waals surface area contributed by atoms with Gasteiger partial charge in [-0.25, -0.2) is 0 Å². The Kier molecular flexibility index (Phi) is 6.19. The molecule has 0 radical (unpaired) electrons. The van der Waals surface area contributed by atoms with Crippen molar-refractivity contribution in [1.82, 2.24) is 10.2 Å². The van der Waals surface area contributed by atoms with E-state index in [9.17, 15) is 4.79 Å². The number of amides is 1. The number of carbonyl (C=O) groups excluding carboxylic acids is 1. The summed E-state index contributed by atoms with van der Waals surface area (Å²) in [6.45, 7) is 8.19. The highest BCUT2D eigenvalue weighted by atomic mass is 16.6. The lowest BCUT2D eigenvalue weighted by Gasteiger charge is -2.33. The molecule has 1 saturated heterocycles. The quantitative estimate of drug-likeness (QED) is 0.860. The molecule has 1 N–H and O–H groups in total. The summed E-state index contributed by atoms with van der Waals surface area (Å²) in [6, 6.07) is 7.70. The first-order valence-corrected chi connectivity index (χ1v) is 9.54. The van der Waals surface area contributed by atoms with Crippen molar-refractivity contribution in [3.8, 4) is 11.5 Å². The summed E-state index contributed by atoms with van der Waals surface area (Å²) in [5.41, 5.74) is 0. The molecule has 25 heavy (non-hydrogen) atoms. The number of hydrogen-bond donors (Lipinski definition) is 1. The lowest BCUT2D eigenvalue weighted by Crippen LogP contribution is -2.44. The number of para-hydroxylation sites is 2.